The van der Waals surface area contributed by atoms with Crippen LogP contribution in [-0.2, 0) is 12.7 Å². The second-order valence-electron chi connectivity index (χ2n) is 10.4. The molecule has 0 saturated carbocycles. The van der Waals surface area contributed by atoms with Gasteiger partial charge in [-0.05, 0) is 73.7 Å². The molecular formula is C31H29BrF3N2OP. The Morgan fingerprint density at radius 2 is 1.51 bits per heavy atom. The molecule has 5 aromatic rings. The number of para-hydroxylation sites is 1. The van der Waals surface area contributed by atoms with Crippen LogP contribution in [0.1, 0.15) is 33.3 Å². The second kappa shape index (κ2) is 10.2. The molecule has 202 valence electrons. The van der Waals surface area contributed by atoms with E-state index in [4.69, 9.17) is 9.27 Å². The van der Waals surface area contributed by atoms with Gasteiger partial charge in [-0.2, -0.15) is 13.2 Å². The molecule has 0 unspecified atom stereocenters. The number of hydrogen-bond acceptors (Lipinski definition) is 2. The van der Waals surface area contributed by atoms with E-state index in [2.05, 4.69) is 78.5 Å². The summed E-state index contributed by atoms with van der Waals surface area (Å²) in [6.07, 6.45) is -4.42. The largest absolute Gasteiger partial charge is 0.455 e. The zero-order valence-corrected chi connectivity index (χ0v) is 24.6. The summed E-state index contributed by atoms with van der Waals surface area (Å²) in [5, 5.41) is 2.66. The smallest absolute Gasteiger partial charge is 0.416 e. The number of aryl methyl sites for hydroxylation is 1. The Kier molecular flexibility index (Phi) is 7.19. The van der Waals surface area contributed by atoms with Crippen molar-refractivity contribution in [2.24, 2.45) is 4.74 Å². The summed E-state index contributed by atoms with van der Waals surface area (Å²) in [4.78, 5) is 0. The predicted octanol–water partition coefficient (Wildman–Crippen LogP) is 10.5. The number of hydrogen-bond donors (Lipinski definition) is 0. The molecule has 5 rings (SSSR count). The Labute approximate surface area is 234 Å². The van der Waals surface area contributed by atoms with Gasteiger partial charge in [0.2, 0.25) is 0 Å². The van der Waals surface area contributed by atoms with Gasteiger partial charge in [0.25, 0.3) is 0 Å². The Morgan fingerprint density at radius 1 is 0.821 bits per heavy atom. The molecule has 0 aliphatic carbocycles. The summed E-state index contributed by atoms with van der Waals surface area (Å²) in [5.41, 5.74) is 2.01. The summed E-state index contributed by atoms with van der Waals surface area (Å²) in [5.74, 6) is 0.638. The molecule has 0 N–H and O–H groups in total. The lowest BCUT2D eigenvalue weighted by atomic mass is 10.1. The number of halogens is 4. The molecule has 0 spiro atoms. The first-order valence-corrected chi connectivity index (χ1v) is 15.1. The highest BCUT2D eigenvalue weighted by atomic mass is 79.9. The van der Waals surface area contributed by atoms with Crippen LogP contribution in [0.3, 0.4) is 0 Å². The maximum Gasteiger partial charge on any atom is 0.416 e. The van der Waals surface area contributed by atoms with Crippen LogP contribution in [0.15, 0.2) is 100 Å². The molecule has 3 nitrogen and oxygen atoms in total. The van der Waals surface area contributed by atoms with Crippen LogP contribution in [0.2, 0.25) is 0 Å². The summed E-state index contributed by atoms with van der Waals surface area (Å²) in [7, 11) is -2.92. The lowest BCUT2D eigenvalue weighted by Gasteiger charge is -2.37. The highest BCUT2D eigenvalue weighted by molar-refractivity contribution is 9.10. The Hall–Kier alpha value is -3.02. The number of fused-ring (bicyclic) bond motifs is 3. The molecule has 0 aliphatic heterocycles. The van der Waals surface area contributed by atoms with Crippen LogP contribution in [0.5, 0.6) is 5.75 Å². The van der Waals surface area contributed by atoms with Gasteiger partial charge in [-0.1, -0.05) is 61.0 Å². The first kappa shape index (κ1) is 27.5. The fraction of sp³-hybridized carbons (Fsp3) is 0.226. The number of nitrogens with zero attached hydrogens (tertiary/aromatic N) is 2. The molecule has 0 amide bonds. The lowest BCUT2D eigenvalue weighted by Crippen LogP contribution is -2.27. The highest BCUT2D eigenvalue weighted by Crippen LogP contribution is 2.62. The molecule has 0 radical (unpaired) electrons. The zero-order valence-electron chi connectivity index (χ0n) is 22.1. The molecule has 1 heterocycles. The maximum atomic E-state index is 13.3. The van der Waals surface area contributed by atoms with Crippen LogP contribution < -0.4 is 9.83 Å². The first-order valence-electron chi connectivity index (χ1n) is 12.7. The van der Waals surface area contributed by atoms with Gasteiger partial charge < -0.3 is 9.09 Å². The Morgan fingerprint density at radius 3 is 2.15 bits per heavy atom. The van der Waals surface area contributed by atoms with Gasteiger partial charge in [0.1, 0.15) is 5.75 Å². The Bertz CT molecular complexity index is 1720. The molecule has 1 aromatic heterocycles. The van der Waals surface area contributed by atoms with E-state index in [1.807, 2.05) is 36.4 Å². The SMILES string of the molecule is CCn1c2ccccc2c2cc([P@@](=Nc3ccc(C(F)(F)F)cc3)(Oc3cccc(Br)c3)C(C)(C)C)ccc21. The number of aromatic nitrogens is 1. The summed E-state index contributed by atoms with van der Waals surface area (Å²) >= 11 is 3.53. The van der Waals surface area contributed by atoms with Crippen molar-refractivity contribution in [1.29, 1.82) is 0 Å². The average molecular weight is 613 g/mol. The quantitative estimate of drug-likeness (QED) is 0.181. The van der Waals surface area contributed by atoms with E-state index < -0.39 is 24.2 Å². The van der Waals surface area contributed by atoms with E-state index in [-0.39, 0.29) is 0 Å². The predicted molar refractivity (Wildman–Crippen MR) is 160 cm³/mol. The topological polar surface area (TPSA) is 26.5 Å². The maximum absolute atomic E-state index is 13.3. The van der Waals surface area contributed by atoms with E-state index in [0.717, 1.165) is 50.3 Å². The van der Waals surface area contributed by atoms with Crippen LogP contribution in [0.25, 0.3) is 21.8 Å². The van der Waals surface area contributed by atoms with Crippen molar-refractivity contribution in [3.05, 3.63) is 101 Å². The summed E-state index contributed by atoms with van der Waals surface area (Å²) in [6.45, 7) is 9.18. The van der Waals surface area contributed by atoms with Gasteiger partial charge in [0.05, 0.1) is 11.3 Å². The molecule has 39 heavy (non-hydrogen) atoms. The Balaban J connectivity index is 1.81. The van der Waals surface area contributed by atoms with Gasteiger partial charge in [0, 0.05) is 43.3 Å². The van der Waals surface area contributed by atoms with Crippen molar-refractivity contribution < 1.29 is 17.7 Å². The fourth-order valence-electron chi connectivity index (χ4n) is 4.93. The van der Waals surface area contributed by atoms with Gasteiger partial charge >= 0.3 is 6.18 Å². The third kappa shape index (κ3) is 5.15. The third-order valence-electron chi connectivity index (χ3n) is 6.82. The molecule has 4 aromatic carbocycles. The average Bonchev–Trinajstić information content (AvgIpc) is 3.20. The van der Waals surface area contributed by atoms with Crippen LogP contribution >= 0.6 is 23.2 Å². The number of alkyl halides is 3. The monoisotopic (exact) mass is 612 g/mol. The standard InChI is InChI=1S/C31H29BrF3N2OP/c1-5-37-28-12-7-6-11-26(28)27-20-25(17-18-29(27)37)39(30(2,3)4,38-24-10-8-9-22(32)19-24)36-23-15-13-21(14-16-23)31(33,34)35/h6-20H,5H2,1-4H3/t39-/m1/s1. The molecular weight excluding hydrogens is 584 g/mol. The van der Waals surface area contributed by atoms with Gasteiger partial charge in [-0.15, -0.1) is 0 Å². The van der Waals surface area contributed by atoms with Crippen LogP contribution in [0.4, 0.5) is 18.9 Å². The summed E-state index contributed by atoms with van der Waals surface area (Å²) in [6, 6.07) is 27.2. The van der Waals surface area contributed by atoms with Crippen LogP contribution in [-0.4, -0.2) is 9.72 Å². The third-order valence-corrected chi connectivity index (χ3v) is 11.1. The van der Waals surface area contributed by atoms with Gasteiger partial charge in [-0.3, -0.25) is 0 Å². The van der Waals surface area contributed by atoms with Crippen molar-refractivity contribution >= 4 is 56.0 Å². The molecule has 0 fully saturated rings. The molecule has 0 aliphatic rings. The zero-order chi connectivity index (χ0) is 28.0. The molecule has 0 bridgehead atoms. The normalized spacial score (nSPS) is 13.9. The minimum Gasteiger partial charge on any atom is -0.455 e. The minimum atomic E-state index is -4.42. The van der Waals surface area contributed by atoms with Crippen molar-refractivity contribution in [2.45, 2.75) is 45.6 Å². The van der Waals surface area contributed by atoms with Crippen molar-refractivity contribution in [1.82, 2.24) is 4.57 Å². The highest BCUT2D eigenvalue weighted by Gasteiger charge is 2.39. The second-order valence-corrected chi connectivity index (χ2v) is 14.7. The van der Waals surface area contributed by atoms with E-state index >= 15 is 0 Å². The summed E-state index contributed by atoms with van der Waals surface area (Å²) < 4.78 is 55.1. The van der Waals surface area contributed by atoms with Gasteiger partial charge in [0.15, 0.2) is 7.28 Å². The van der Waals surface area contributed by atoms with Crippen molar-refractivity contribution in [3.63, 3.8) is 0 Å². The molecule has 1 atom stereocenters. The van der Waals surface area contributed by atoms with E-state index in [1.54, 1.807) is 0 Å². The fourth-order valence-corrected chi connectivity index (χ4v) is 8.38. The molecule has 8 heteroatoms. The van der Waals surface area contributed by atoms with Gasteiger partial charge in [-0.25, -0.2) is 4.74 Å². The first-order chi connectivity index (χ1) is 18.4. The molecule has 0 saturated heterocycles. The number of benzene rings is 4. The van der Waals surface area contributed by atoms with Crippen molar-refractivity contribution in [3.8, 4) is 5.75 Å². The van der Waals surface area contributed by atoms with E-state index in [0.29, 0.717) is 11.4 Å². The van der Waals surface area contributed by atoms with E-state index in [9.17, 15) is 13.2 Å². The van der Waals surface area contributed by atoms with Crippen LogP contribution in [0, 0.1) is 0 Å². The lowest BCUT2D eigenvalue weighted by molar-refractivity contribution is -0.137. The van der Waals surface area contributed by atoms with E-state index in [1.165, 1.54) is 12.1 Å². The minimum absolute atomic E-state index is 0.442. The van der Waals surface area contributed by atoms with Crippen molar-refractivity contribution in [2.75, 3.05) is 0 Å². The number of rotatable bonds is 5.